The highest BCUT2D eigenvalue weighted by atomic mass is 35.5. The van der Waals surface area contributed by atoms with E-state index in [1.165, 1.54) is 23.1 Å². The number of amides is 1. The minimum absolute atomic E-state index is 0.0308. The van der Waals surface area contributed by atoms with Crippen LogP contribution in [0.25, 0.3) is 0 Å². The lowest BCUT2D eigenvalue weighted by atomic mass is 10.2. The fourth-order valence-corrected chi connectivity index (χ4v) is 2.66. The van der Waals surface area contributed by atoms with Gasteiger partial charge in [0.1, 0.15) is 24.9 Å². The molecule has 3 N–H and O–H groups in total. The van der Waals surface area contributed by atoms with Crippen LogP contribution in [0.5, 0.6) is 0 Å². The van der Waals surface area contributed by atoms with Crippen molar-refractivity contribution in [3.63, 3.8) is 0 Å². The lowest BCUT2D eigenvalue weighted by Gasteiger charge is -2.09. The van der Waals surface area contributed by atoms with Crippen LogP contribution in [0.3, 0.4) is 0 Å². The first kappa shape index (κ1) is 20.5. The van der Waals surface area contributed by atoms with Crippen molar-refractivity contribution in [3.8, 4) is 0 Å². The maximum Gasteiger partial charge on any atom is 0.241 e. The molecule has 0 aliphatic rings. The molecule has 1 amide bonds. The van der Waals surface area contributed by atoms with Gasteiger partial charge < -0.3 is 16.0 Å². The van der Waals surface area contributed by atoms with Crippen molar-refractivity contribution in [3.05, 3.63) is 59.3 Å². The van der Waals surface area contributed by atoms with Crippen LogP contribution in [0, 0.1) is 5.82 Å². The van der Waals surface area contributed by atoms with E-state index in [2.05, 4.69) is 31.0 Å². The van der Waals surface area contributed by atoms with E-state index >= 15 is 0 Å². The van der Waals surface area contributed by atoms with Crippen LogP contribution in [0.2, 0.25) is 5.02 Å². The second-order valence-electron chi connectivity index (χ2n) is 5.91. The Bertz CT molecular complexity index is 962. The predicted molar refractivity (Wildman–Crippen MR) is 105 cm³/mol. The summed E-state index contributed by atoms with van der Waals surface area (Å²) in [6.07, 6.45) is 4.64. The molecule has 0 saturated heterocycles. The maximum atomic E-state index is 13.9. The predicted octanol–water partition coefficient (Wildman–Crippen LogP) is 2.91. The number of hydrogen-bond acceptors (Lipinski definition) is 6. The number of alkyl halides is 1. The van der Waals surface area contributed by atoms with Crippen LogP contribution >= 0.6 is 11.6 Å². The molecule has 0 fully saturated rings. The highest BCUT2D eigenvalue weighted by Crippen LogP contribution is 2.20. The first-order valence-electron chi connectivity index (χ1n) is 8.67. The first-order chi connectivity index (χ1) is 14.0. The summed E-state index contributed by atoms with van der Waals surface area (Å²) < 4.78 is 27.3. The lowest BCUT2D eigenvalue weighted by Crippen LogP contribution is -2.29. The molecule has 1 aromatic carbocycles. The fraction of sp³-hybridized carbons (Fsp3) is 0.222. The van der Waals surface area contributed by atoms with E-state index < -0.39 is 12.5 Å². The summed E-state index contributed by atoms with van der Waals surface area (Å²) in [5.74, 6) is 0.0165. The van der Waals surface area contributed by atoms with E-state index in [9.17, 15) is 13.6 Å². The van der Waals surface area contributed by atoms with Gasteiger partial charge in [0.15, 0.2) is 0 Å². The van der Waals surface area contributed by atoms with Crippen LogP contribution in [0.1, 0.15) is 5.56 Å². The number of carbonyl (C=O) groups is 1. The summed E-state index contributed by atoms with van der Waals surface area (Å²) in [6.45, 7) is -0.527. The molecule has 2 heterocycles. The van der Waals surface area contributed by atoms with Gasteiger partial charge in [-0.2, -0.15) is 10.1 Å². The Hall–Kier alpha value is -3.27. The molecule has 11 heteroatoms. The maximum absolute atomic E-state index is 13.9. The van der Waals surface area contributed by atoms with Gasteiger partial charge in [-0.1, -0.05) is 17.7 Å². The van der Waals surface area contributed by atoms with Crippen LogP contribution in [0.4, 0.5) is 26.2 Å². The summed E-state index contributed by atoms with van der Waals surface area (Å²) in [4.78, 5) is 20.0. The van der Waals surface area contributed by atoms with Crippen molar-refractivity contribution in [2.75, 3.05) is 23.9 Å². The van der Waals surface area contributed by atoms with E-state index in [4.69, 9.17) is 11.6 Å². The number of halogens is 3. The number of hydrogen-bond donors (Lipinski definition) is 3. The molecule has 0 unspecified atom stereocenters. The smallest absolute Gasteiger partial charge is 0.241 e. The Morgan fingerprint density at radius 2 is 2.14 bits per heavy atom. The van der Waals surface area contributed by atoms with Gasteiger partial charge in [0, 0.05) is 36.1 Å². The molecular weight excluding hydrogens is 404 g/mol. The minimum atomic E-state index is -0.623. The second-order valence-corrected chi connectivity index (χ2v) is 6.32. The van der Waals surface area contributed by atoms with Crippen molar-refractivity contribution < 1.29 is 13.6 Å². The van der Waals surface area contributed by atoms with Gasteiger partial charge in [0.2, 0.25) is 11.9 Å². The monoisotopic (exact) mass is 421 g/mol. The Morgan fingerprint density at radius 1 is 1.28 bits per heavy atom. The van der Waals surface area contributed by atoms with Gasteiger partial charge in [-0.3, -0.25) is 9.48 Å². The molecule has 3 aromatic rings. The van der Waals surface area contributed by atoms with Gasteiger partial charge in [-0.25, -0.2) is 13.8 Å². The normalized spacial score (nSPS) is 10.6. The molecule has 0 aliphatic carbocycles. The van der Waals surface area contributed by atoms with Crippen molar-refractivity contribution in [1.82, 2.24) is 25.1 Å². The summed E-state index contributed by atoms with van der Waals surface area (Å²) in [7, 11) is 0. The van der Waals surface area contributed by atoms with Crippen molar-refractivity contribution in [1.29, 1.82) is 0 Å². The van der Waals surface area contributed by atoms with Crippen molar-refractivity contribution >= 4 is 35.0 Å². The molecule has 0 bridgehead atoms. The molecule has 8 nitrogen and oxygen atoms in total. The summed E-state index contributed by atoms with van der Waals surface area (Å²) >= 11 is 6.02. The second kappa shape index (κ2) is 9.78. The fourth-order valence-electron chi connectivity index (χ4n) is 2.43. The number of nitrogens with one attached hydrogen (secondary N) is 3. The standard InChI is InChI=1S/C18H18ClF2N7O/c19-14-2-1-3-15(21)13(14)9-24-16-4-6-23-18(27-16)26-12-8-25-28(10-12)11-17(29)22-7-5-20/h1-4,6,8,10H,5,7,9,11H2,(H,22,29)(H2,23,24,26,27). The summed E-state index contributed by atoms with van der Waals surface area (Å²) in [6, 6.07) is 6.13. The van der Waals surface area contributed by atoms with Crippen LogP contribution in [0.15, 0.2) is 42.9 Å². The van der Waals surface area contributed by atoms with Crippen LogP contribution in [-0.2, 0) is 17.9 Å². The van der Waals surface area contributed by atoms with E-state index in [0.29, 0.717) is 22.1 Å². The van der Waals surface area contributed by atoms with Gasteiger partial charge in [-0.15, -0.1) is 0 Å². The molecule has 0 spiro atoms. The van der Waals surface area contributed by atoms with Crippen LogP contribution in [-0.4, -0.2) is 38.9 Å². The lowest BCUT2D eigenvalue weighted by molar-refractivity contribution is -0.121. The number of aromatic nitrogens is 4. The summed E-state index contributed by atoms with van der Waals surface area (Å²) in [5, 5.41) is 12.8. The van der Waals surface area contributed by atoms with E-state index in [0.717, 1.165) is 0 Å². The molecule has 152 valence electrons. The van der Waals surface area contributed by atoms with Gasteiger partial charge in [0.25, 0.3) is 0 Å². The molecule has 0 atom stereocenters. The van der Waals surface area contributed by atoms with Crippen molar-refractivity contribution in [2.45, 2.75) is 13.1 Å². The number of carbonyl (C=O) groups excluding carboxylic acids is 1. The van der Waals surface area contributed by atoms with Gasteiger partial charge >= 0.3 is 0 Å². The first-order valence-corrected chi connectivity index (χ1v) is 9.05. The number of benzene rings is 1. The Labute approximate surface area is 170 Å². The Kier molecular flexibility index (Phi) is 6.90. The average molecular weight is 422 g/mol. The van der Waals surface area contributed by atoms with E-state index in [1.54, 1.807) is 24.4 Å². The molecule has 0 aliphatic heterocycles. The molecule has 0 radical (unpaired) electrons. The molecule has 29 heavy (non-hydrogen) atoms. The highest BCUT2D eigenvalue weighted by Gasteiger charge is 2.08. The quantitative estimate of drug-likeness (QED) is 0.491. The van der Waals surface area contributed by atoms with Crippen LogP contribution < -0.4 is 16.0 Å². The topological polar surface area (TPSA) is 96.8 Å². The Morgan fingerprint density at radius 3 is 2.93 bits per heavy atom. The number of nitrogens with zero attached hydrogens (tertiary/aromatic N) is 4. The molecule has 3 rings (SSSR count). The Balaban J connectivity index is 1.59. The molecular formula is C18H18ClF2N7O. The van der Waals surface area contributed by atoms with E-state index in [-0.39, 0.29) is 31.5 Å². The number of rotatable bonds is 9. The highest BCUT2D eigenvalue weighted by molar-refractivity contribution is 6.31. The SMILES string of the molecule is O=C(Cn1cc(Nc2nccc(NCc3c(F)cccc3Cl)n2)cn1)NCCF. The third-order valence-electron chi connectivity index (χ3n) is 3.78. The minimum Gasteiger partial charge on any atom is -0.366 e. The van der Waals surface area contributed by atoms with Crippen molar-refractivity contribution in [2.24, 2.45) is 0 Å². The van der Waals surface area contributed by atoms with Gasteiger partial charge in [-0.05, 0) is 18.2 Å². The zero-order valence-electron chi connectivity index (χ0n) is 15.2. The third kappa shape index (κ3) is 5.85. The van der Waals surface area contributed by atoms with Gasteiger partial charge in [0.05, 0.1) is 11.9 Å². The largest absolute Gasteiger partial charge is 0.366 e. The zero-order chi connectivity index (χ0) is 20.6. The number of anilines is 3. The van der Waals surface area contributed by atoms with E-state index in [1.807, 2.05) is 0 Å². The molecule has 0 saturated carbocycles. The molecule has 2 aromatic heterocycles. The summed E-state index contributed by atoms with van der Waals surface area (Å²) in [5.41, 5.74) is 0.909. The third-order valence-corrected chi connectivity index (χ3v) is 4.13. The zero-order valence-corrected chi connectivity index (χ0v) is 16.0. The average Bonchev–Trinajstić information content (AvgIpc) is 3.13.